The molecule has 0 atom stereocenters. The Morgan fingerprint density at radius 3 is 2.50 bits per heavy atom. The molecule has 2 aromatic carbocycles. The first-order valence-electron chi connectivity index (χ1n) is 8.93. The lowest BCUT2D eigenvalue weighted by atomic mass is 10.1. The highest BCUT2D eigenvalue weighted by Crippen LogP contribution is 2.39. The lowest BCUT2D eigenvalue weighted by Crippen LogP contribution is -2.22. The van der Waals surface area contributed by atoms with Gasteiger partial charge in [0.2, 0.25) is 6.79 Å². The minimum Gasteiger partial charge on any atom is -0.486 e. The Kier molecular flexibility index (Phi) is 5.37. The van der Waals surface area contributed by atoms with Crippen LogP contribution in [0.4, 0.5) is 5.69 Å². The number of amides is 1. The number of benzene rings is 2. The molecule has 30 heavy (non-hydrogen) atoms. The third kappa shape index (κ3) is 3.97. The van der Waals surface area contributed by atoms with Gasteiger partial charge in [0.1, 0.15) is 13.2 Å². The third-order valence-electron chi connectivity index (χ3n) is 4.33. The summed E-state index contributed by atoms with van der Waals surface area (Å²) < 4.78 is 26.4. The highest BCUT2D eigenvalue weighted by molar-refractivity contribution is 6.32. The minimum absolute atomic E-state index is 0.0276. The van der Waals surface area contributed by atoms with Crippen molar-refractivity contribution in [2.24, 2.45) is 0 Å². The molecule has 156 valence electrons. The molecule has 10 heteroatoms. The van der Waals surface area contributed by atoms with E-state index in [9.17, 15) is 14.4 Å². The Morgan fingerprint density at radius 2 is 1.73 bits per heavy atom. The van der Waals surface area contributed by atoms with Crippen LogP contribution in [0.25, 0.3) is 0 Å². The van der Waals surface area contributed by atoms with Crippen LogP contribution >= 0.6 is 11.6 Å². The molecule has 2 aromatic rings. The number of ether oxygens (including phenoxy) is 5. The lowest BCUT2D eigenvalue weighted by molar-refractivity contribution is -0.119. The maximum Gasteiger partial charge on any atom is 0.338 e. The molecule has 0 spiro atoms. The molecule has 0 aromatic heterocycles. The van der Waals surface area contributed by atoms with E-state index < -0.39 is 18.5 Å². The average Bonchev–Trinajstić information content (AvgIpc) is 3.18. The van der Waals surface area contributed by atoms with E-state index in [-0.39, 0.29) is 34.4 Å². The molecule has 2 aliphatic heterocycles. The van der Waals surface area contributed by atoms with Crippen molar-refractivity contribution >= 4 is 34.9 Å². The van der Waals surface area contributed by atoms with E-state index in [4.69, 9.17) is 35.3 Å². The van der Waals surface area contributed by atoms with Crippen LogP contribution in [0.15, 0.2) is 24.3 Å². The fraction of sp³-hybridized carbons (Fsp3) is 0.250. The zero-order valence-corrected chi connectivity index (χ0v) is 16.5. The minimum atomic E-state index is -0.762. The van der Waals surface area contributed by atoms with Crippen LogP contribution in [0, 0.1) is 0 Å². The van der Waals surface area contributed by atoms with E-state index in [0.29, 0.717) is 36.2 Å². The van der Waals surface area contributed by atoms with Crippen LogP contribution in [-0.4, -0.2) is 44.3 Å². The molecule has 2 aliphatic rings. The number of carbonyl (C=O) groups is 3. The standard InChI is InChI=1S/C20H16ClNO8/c1-10(23)12-6-15-16(30-9-29-15)7-14(12)22-18(24)8-28-20(25)11-4-13(21)19-17(5-11)26-2-3-27-19/h4-7H,2-3,8-9H2,1H3,(H,22,24). The van der Waals surface area contributed by atoms with Crippen molar-refractivity contribution in [2.45, 2.75) is 6.92 Å². The molecule has 0 bridgehead atoms. The van der Waals surface area contributed by atoms with Gasteiger partial charge in [-0.2, -0.15) is 0 Å². The summed E-state index contributed by atoms with van der Waals surface area (Å²) in [5.41, 5.74) is 0.595. The van der Waals surface area contributed by atoms with Crippen molar-refractivity contribution in [3.05, 3.63) is 40.4 Å². The van der Waals surface area contributed by atoms with Gasteiger partial charge in [-0.1, -0.05) is 11.6 Å². The number of nitrogens with one attached hydrogen (secondary N) is 1. The highest BCUT2D eigenvalue weighted by Gasteiger charge is 2.22. The largest absolute Gasteiger partial charge is 0.486 e. The molecule has 0 saturated carbocycles. The summed E-state index contributed by atoms with van der Waals surface area (Å²) in [6.45, 7) is 1.51. The number of esters is 1. The molecule has 2 heterocycles. The Hall–Kier alpha value is -3.46. The molecule has 0 fully saturated rings. The Labute approximate surface area is 175 Å². The zero-order chi connectivity index (χ0) is 21.3. The number of Topliss-reactive ketones (excluding diaryl/α,β-unsaturated/α-hetero) is 1. The smallest absolute Gasteiger partial charge is 0.338 e. The van der Waals surface area contributed by atoms with Crippen LogP contribution in [0.2, 0.25) is 5.02 Å². The van der Waals surface area contributed by atoms with Gasteiger partial charge in [-0.3, -0.25) is 9.59 Å². The maximum atomic E-state index is 12.3. The number of fused-ring (bicyclic) bond motifs is 2. The Balaban J connectivity index is 1.43. The molecule has 9 nitrogen and oxygen atoms in total. The quantitative estimate of drug-likeness (QED) is 0.566. The van der Waals surface area contributed by atoms with Gasteiger partial charge < -0.3 is 29.0 Å². The molecule has 0 unspecified atom stereocenters. The predicted octanol–water partition coefficient (Wildman–Crippen LogP) is 2.84. The number of hydrogen-bond acceptors (Lipinski definition) is 8. The van der Waals surface area contributed by atoms with E-state index in [2.05, 4.69) is 5.32 Å². The van der Waals surface area contributed by atoms with Crippen molar-refractivity contribution in [1.29, 1.82) is 0 Å². The van der Waals surface area contributed by atoms with E-state index in [1.807, 2.05) is 0 Å². The molecule has 1 amide bonds. The predicted molar refractivity (Wildman–Crippen MR) is 104 cm³/mol. The molecule has 0 aliphatic carbocycles. The van der Waals surface area contributed by atoms with Gasteiger partial charge in [0.05, 0.1) is 16.3 Å². The Morgan fingerprint density at radius 1 is 1.00 bits per heavy atom. The van der Waals surface area contributed by atoms with Gasteiger partial charge in [0.15, 0.2) is 35.4 Å². The van der Waals surface area contributed by atoms with Crippen molar-refractivity contribution < 1.29 is 38.1 Å². The highest BCUT2D eigenvalue weighted by atomic mass is 35.5. The van der Waals surface area contributed by atoms with Gasteiger partial charge in [-0.15, -0.1) is 0 Å². The summed E-state index contributed by atoms with van der Waals surface area (Å²) in [6, 6.07) is 5.79. The fourth-order valence-corrected chi connectivity index (χ4v) is 3.23. The summed E-state index contributed by atoms with van der Waals surface area (Å²) in [5.74, 6) is -0.159. The Bertz CT molecular complexity index is 1050. The first-order valence-corrected chi connectivity index (χ1v) is 9.31. The number of rotatable bonds is 5. The molecular formula is C20H16ClNO8. The van der Waals surface area contributed by atoms with E-state index >= 15 is 0 Å². The van der Waals surface area contributed by atoms with E-state index in [1.165, 1.54) is 31.2 Å². The van der Waals surface area contributed by atoms with E-state index in [1.54, 1.807) is 0 Å². The van der Waals surface area contributed by atoms with Crippen LogP contribution in [0.5, 0.6) is 23.0 Å². The van der Waals surface area contributed by atoms with Crippen molar-refractivity contribution in [3.8, 4) is 23.0 Å². The first-order chi connectivity index (χ1) is 14.4. The van der Waals surface area contributed by atoms with Crippen LogP contribution in [0.1, 0.15) is 27.6 Å². The molecule has 1 N–H and O–H groups in total. The summed E-state index contributed by atoms with van der Waals surface area (Å²) in [7, 11) is 0. The first kappa shape index (κ1) is 19.8. The second-order valence-corrected chi connectivity index (χ2v) is 6.82. The third-order valence-corrected chi connectivity index (χ3v) is 4.61. The zero-order valence-electron chi connectivity index (χ0n) is 15.8. The number of hydrogen-bond donors (Lipinski definition) is 1. The van der Waals surface area contributed by atoms with Crippen molar-refractivity contribution in [3.63, 3.8) is 0 Å². The molecule has 4 rings (SSSR count). The number of carbonyl (C=O) groups excluding carboxylic acids is 3. The summed E-state index contributed by atoms with van der Waals surface area (Å²) in [6.07, 6.45) is 0. The van der Waals surface area contributed by atoms with Crippen LogP contribution in [-0.2, 0) is 9.53 Å². The van der Waals surface area contributed by atoms with Gasteiger partial charge in [0, 0.05) is 11.6 Å². The monoisotopic (exact) mass is 433 g/mol. The second-order valence-electron chi connectivity index (χ2n) is 6.41. The summed E-state index contributed by atoms with van der Waals surface area (Å²) in [5, 5.41) is 2.75. The number of ketones is 1. The fourth-order valence-electron chi connectivity index (χ4n) is 2.97. The van der Waals surface area contributed by atoms with Crippen molar-refractivity contribution in [2.75, 3.05) is 31.9 Å². The normalized spacial score (nSPS) is 13.5. The SMILES string of the molecule is CC(=O)c1cc2c(cc1NC(=O)COC(=O)c1cc(Cl)c3c(c1)OCCO3)OCO2. The van der Waals surface area contributed by atoms with E-state index in [0.717, 1.165) is 0 Å². The van der Waals surface area contributed by atoms with Crippen LogP contribution in [0.3, 0.4) is 0 Å². The molecule has 0 radical (unpaired) electrons. The number of anilines is 1. The topological polar surface area (TPSA) is 109 Å². The molecule has 0 saturated heterocycles. The van der Waals surface area contributed by atoms with Gasteiger partial charge >= 0.3 is 5.97 Å². The molecular weight excluding hydrogens is 418 g/mol. The second kappa shape index (κ2) is 8.11. The van der Waals surface area contributed by atoms with Gasteiger partial charge in [-0.05, 0) is 25.1 Å². The van der Waals surface area contributed by atoms with Gasteiger partial charge in [-0.25, -0.2) is 4.79 Å². The van der Waals surface area contributed by atoms with Crippen molar-refractivity contribution in [1.82, 2.24) is 0 Å². The average molecular weight is 434 g/mol. The summed E-state index contributed by atoms with van der Waals surface area (Å²) in [4.78, 5) is 36.5. The maximum absolute atomic E-state index is 12.3. The lowest BCUT2D eigenvalue weighted by Gasteiger charge is -2.20. The van der Waals surface area contributed by atoms with Gasteiger partial charge in [0.25, 0.3) is 5.91 Å². The summed E-state index contributed by atoms with van der Waals surface area (Å²) >= 11 is 6.11. The number of halogens is 1. The van der Waals surface area contributed by atoms with Crippen LogP contribution < -0.4 is 24.3 Å².